The quantitative estimate of drug-likeness (QED) is 0.367. The molecule has 0 radical (unpaired) electrons. The van der Waals surface area contributed by atoms with E-state index in [1.165, 1.54) is 5.56 Å². The van der Waals surface area contributed by atoms with Crippen LogP contribution in [0.25, 0.3) is 22.6 Å². The predicted octanol–water partition coefficient (Wildman–Crippen LogP) is 5.34. The van der Waals surface area contributed by atoms with Crippen LogP contribution in [0.5, 0.6) is 0 Å². The van der Waals surface area contributed by atoms with Crippen molar-refractivity contribution in [2.24, 2.45) is 0 Å². The van der Waals surface area contributed by atoms with E-state index in [1.807, 2.05) is 42.5 Å². The molecule has 33 heavy (non-hydrogen) atoms. The van der Waals surface area contributed by atoms with Gasteiger partial charge in [-0.05, 0) is 54.1 Å². The number of para-hydroxylation sites is 1. The number of benzene rings is 3. The third-order valence-electron chi connectivity index (χ3n) is 5.58. The number of nitrogens with zero attached hydrogens (tertiary/aromatic N) is 2. The molecule has 0 unspecified atom stereocenters. The van der Waals surface area contributed by atoms with Gasteiger partial charge in [-0.25, -0.2) is 4.98 Å². The van der Waals surface area contributed by atoms with E-state index in [0.717, 1.165) is 53.9 Å². The first-order valence-corrected chi connectivity index (χ1v) is 11.4. The van der Waals surface area contributed by atoms with Crippen molar-refractivity contribution < 1.29 is 9.21 Å². The van der Waals surface area contributed by atoms with Crippen LogP contribution in [0, 0.1) is 0 Å². The molecule has 170 valence electrons. The van der Waals surface area contributed by atoms with Crippen molar-refractivity contribution in [3.05, 3.63) is 82.3 Å². The van der Waals surface area contributed by atoms with Gasteiger partial charge in [-0.2, -0.15) is 0 Å². The molecule has 2 N–H and O–H groups in total. The minimum atomic E-state index is -0.181. The van der Waals surface area contributed by atoms with E-state index in [-0.39, 0.29) is 18.3 Å². The highest BCUT2D eigenvalue weighted by Gasteiger charge is 2.16. The van der Waals surface area contributed by atoms with Crippen LogP contribution in [-0.2, 0) is 6.54 Å². The lowest BCUT2D eigenvalue weighted by Gasteiger charge is -2.27. The van der Waals surface area contributed by atoms with Gasteiger partial charge in [-0.3, -0.25) is 9.69 Å². The SMILES string of the molecule is Cl.O=C(Nc1ccccc1-c1nc2ccc(CN3CCNCC3)cc2o1)c1ccc(Br)cc1. The van der Waals surface area contributed by atoms with E-state index < -0.39 is 0 Å². The van der Waals surface area contributed by atoms with Gasteiger partial charge in [0.2, 0.25) is 5.89 Å². The Hall–Kier alpha value is -2.71. The molecule has 1 aliphatic heterocycles. The van der Waals surface area contributed by atoms with E-state index in [1.54, 1.807) is 12.1 Å². The molecule has 2 heterocycles. The number of hydrogen-bond donors (Lipinski definition) is 2. The van der Waals surface area contributed by atoms with Gasteiger partial charge >= 0.3 is 0 Å². The van der Waals surface area contributed by atoms with Crippen LogP contribution >= 0.6 is 28.3 Å². The minimum absolute atomic E-state index is 0. The van der Waals surface area contributed by atoms with Gasteiger partial charge in [0.15, 0.2) is 5.58 Å². The number of aromatic nitrogens is 1. The van der Waals surface area contributed by atoms with Crippen molar-refractivity contribution in [1.82, 2.24) is 15.2 Å². The number of fused-ring (bicyclic) bond motifs is 1. The average molecular weight is 528 g/mol. The van der Waals surface area contributed by atoms with Crippen molar-refractivity contribution in [2.75, 3.05) is 31.5 Å². The Morgan fingerprint density at radius 3 is 2.61 bits per heavy atom. The maximum Gasteiger partial charge on any atom is 0.255 e. The Labute approximate surface area is 206 Å². The number of carbonyl (C=O) groups is 1. The maximum atomic E-state index is 12.7. The third-order valence-corrected chi connectivity index (χ3v) is 6.11. The van der Waals surface area contributed by atoms with E-state index >= 15 is 0 Å². The summed E-state index contributed by atoms with van der Waals surface area (Å²) in [6.07, 6.45) is 0. The average Bonchev–Trinajstić information content (AvgIpc) is 3.24. The molecule has 6 nitrogen and oxygen atoms in total. The van der Waals surface area contributed by atoms with Gasteiger partial charge in [-0.1, -0.05) is 34.1 Å². The fourth-order valence-electron chi connectivity index (χ4n) is 3.88. The largest absolute Gasteiger partial charge is 0.436 e. The van der Waals surface area contributed by atoms with E-state index in [9.17, 15) is 4.79 Å². The molecule has 1 fully saturated rings. The van der Waals surface area contributed by atoms with Crippen LogP contribution in [0.15, 0.2) is 75.6 Å². The second kappa shape index (κ2) is 10.5. The topological polar surface area (TPSA) is 70.4 Å². The molecule has 0 saturated carbocycles. The maximum absolute atomic E-state index is 12.7. The number of rotatable bonds is 5. The summed E-state index contributed by atoms with van der Waals surface area (Å²) in [7, 11) is 0. The van der Waals surface area contributed by atoms with Crippen LogP contribution in [0.3, 0.4) is 0 Å². The van der Waals surface area contributed by atoms with Gasteiger partial charge in [0.25, 0.3) is 5.91 Å². The minimum Gasteiger partial charge on any atom is -0.436 e. The van der Waals surface area contributed by atoms with Crippen molar-refractivity contribution in [3.63, 3.8) is 0 Å². The molecular weight excluding hydrogens is 504 g/mol. The smallest absolute Gasteiger partial charge is 0.255 e. The first-order chi connectivity index (χ1) is 15.7. The first-order valence-electron chi connectivity index (χ1n) is 10.6. The van der Waals surface area contributed by atoms with Crippen LogP contribution in [-0.4, -0.2) is 42.0 Å². The fourth-order valence-corrected chi connectivity index (χ4v) is 4.15. The summed E-state index contributed by atoms with van der Waals surface area (Å²) in [5.74, 6) is 0.311. The molecule has 1 saturated heterocycles. The lowest BCUT2D eigenvalue weighted by Crippen LogP contribution is -2.42. The second-order valence-corrected chi connectivity index (χ2v) is 8.77. The summed E-state index contributed by atoms with van der Waals surface area (Å²) >= 11 is 3.40. The number of amides is 1. The Bertz CT molecular complexity index is 1250. The normalized spacial score (nSPS) is 14.1. The zero-order valence-electron chi connectivity index (χ0n) is 17.9. The number of carbonyl (C=O) groups excluding carboxylic acids is 1. The van der Waals surface area contributed by atoms with Crippen molar-refractivity contribution in [1.29, 1.82) is 0 Å². The van der Waals surface area contributed by atoms with Crippen LogP contribution in [0.2, 0.25) is 0 Å². The summed E-state index contributed by atoms with van der Waals surface area (Å²) in [5, 5.41) is 6.37. The molecule has 8 heteroatoms. The summed E-state index contributed by atoms with van der Waals surface area (Å²) in [4.78, 5) is 19.8. The monoisotopic (exact) mass is 526 g/mol. The molecule has 3 aromatic carbocycles. The van der Waals surface area contributed by atoms with Crippen LogP contribution in [0.4, 0.5) is 5.69 Å². The first kappa shape index (κ1) is 23.4. The van der Waals surface area contributed by atoms with Gasteiger partial charge in [0.1, 0.15) is 5.52 Å². The highest BCUT2D eigenvalue weighted by atomic mass is 79.9. The molecule has 1 aromatic heterocycles. The summed E-state index contributed by atoms with van der Waals surface area (Å²) in [6.45, 7) is 5.04. The highest BCUT2D eigenvalue weighted by Crippen LogP contribution is 2.31. The Morgan fingerprint density at radius 2 is 1.82 bits per heavy atom. The Balaban J connectivity index is 0.00000259. The number of nitrogens with one attached hydrogen (secondary N) is 2. The number of piperazine rings is 1. The fraction of sp³-hybridized carbons (Fsp3) is 0.200. The molecule has 1 aliphatic rings. The Kier molecular flexibility index (Phi) is 7.45. The molecule has 1 amide bonds. The lowest BCUT2D eigenvalue weighted by molar-refractivity contribution is 0.102. The highest BCUT2D eigenvalue weighted by molar-refractivity contribution is 9.10. The molecule has 5 rings (SSSR count). The molecule has 4 aromatic rings. The molecule has 0 spiro atoms. The number of anilines is 1. The predicted molar refractivity (Wildman–Crippen MR) is 137 cm³/mol. The van der Waals surface area contributed by atoms with Crippen molar-refractivity contribution in [3.8, 4) is 11.5 Å². The standard InChI is InChI=1S/C25H23BrN4O2.ClH/c26-19-8-6-18(7-9-19)24(31)28-21-4-2-1-3-20(21)25-29-22-10-5-17(15-23(22)32-25)16-30-13-11-27-12-14-30;/h1-10,15,27H,11-14,16H2,(H,28,31);1H. The molecule has 0 atom stereocenters. The van der Waals surface area contributed by atoms with Gasteiger partial charge in [0, 0.05) is 42.8 Å². The molecular formula is C25H24BrClN4O2. The summed E-state index contributed by atoms with van der Waals surface area (Å²) < 4.78 is 7.06. The van der Waals surface area contributed by atoms with Crippen LogP contribution < -0.4 is 10.6 Å². The molecule has 0 bridgehead atoms. The zero-order chi connectivity index (χ0) is 21.9. The summed E-state index contributed by atoms with van der Waals surface area (Å²) in [6, 6.07) is 21.0. The number of oxazole rings is 1. The number of hydrogen-bond acceptors (Lipinski definition) is 5. The molecule has 0 aliphatic carbocycles. The van der Waals surface area contributed by atoms with E-state index in [2.05, 4.69) is 48.6 Å². The van der Waals surface area contributed by atoms with Crippen LogP contribution in [0.1, 0.15) is 15.9 Å². The van der Waals surface area contributed by atoms with E-state index in [0.29, 0.717) is 17.1 Å². The van der Waals surface area contributed by atoms with Gasteiger partial charge < -0.3 is 15.1 Å². The summed E-state index contributed by atoms with van der Waals surface area (Å²) in [5.41, 5.74) is 4.75. The zero-order valence-corrected chi connectivity index (χ0v) is 20.3. The van der Waals surface area contributed by atoms with E-state index in [4.69, 9.17) is 4.42 Å². The lowest BCUT2D eigenvalue weighted by atomic mass is 10.1. The second-order valence-electron chi connectivity index (χ2n) is 7.85. The van der Waals surface area contributed by atoms with Crippen molar-refractivity contribution in [2.45, 2.75) is 6.54 Å². The van der Waals surface area contributed by atoms with Gasteiger partial charge in [0.05, 0.1) is 11.3 Å². The third kappa shape index (κ3) is 5.45. The van der Waals surface area contributed by atoms with Gasteiger partial charge in [-0.15, -0.1) is 12.4 Å². The van der Waals surface area contributed by atoms with Crippen molar-refractivity contribution >= 4 is 51.0 Å². The number of halogens is 2. The Morgan fingerprint density at radius 1 is 1.06 bits per heavy atom.